The monoisotopic (exact) mass is 453 g/mol. The van der Waals surface area contributed by atoms with E-state index in [0.29, 0.717) is 0 Å². The first-order chi connectivity index (χ1) is 14.8. The number of esters is 1. The molecular weight excluding hydrogens is 431 g/mol. The Bertz CT molecular complexity index is 1180. The van der Waals surface area contributed by atoms with Crippen LogP contribution in [-0.2, 0) is 29.3 Å². The predicted molar refractivity (Wildman–Crippen MR) is 111 cm³/mol. The Balaban J connectivity index is 2.17. The van der Waals surface area contributed by atoms with E-state index in [1.54, 1.807) is 0 Å². The number of carbonyl (C=O) groups excluding carboxylic acids is 2. The third-order valence-electron chi connectivity index (χ3n) is 4.38. The fourth-order valence-electron chi connectivity index (χ4n) is 2.83. The fourth-order valence-corrected chi connectivity index (χ4v) is 2.83. The number of ether oxygens (including phenoxy) is 1. The Labute approximate surface area is 180 Å². The summed E-state index contributed by atoms with van der Waals surface area (Å²) in [5.74, 6) is -2.26. The summed E-state index contributed by atoms with van der Waals surface area (Å²) in [6.07, 6.45) is -2.59. The lowest BCUT2D eigenvalue weighted by Gasteiger charge is -2.16. The molecule has 2 rings (SSSR count). The maximum absolute atomic E-state index is 12.7. The van der Waals surface area contributed by atoms with E-state index in [2.05, 4.69) is 0 Å². The molecule has 0 atom stereocenters. The van der Waals surface area contributed by atoms with Crippen molar-refractivity contribution in [3.63, 3.8) is 0 Å². The number of rotatable bonds is 7. The van der Waals surface area contributed by atoms with Crippen LogP contribution in [0.5, 0.6) is 0 Å². The normalized spacial score (nSPS) is 11.8. The number of benzene rings is 1. The molecule has 0 saturated carbocycles. The van der Waals surface area contributed by atoms with Crippen LogP contribution in [0.1, 0.15) is 35.3 Å². The summed E-state index contributed by atoms with van der Waals surface area (Å²) in [6.45, 7) is 2.96. The number of halogens is 3. The molecule has 0 spiro atoms. The van der Waals surface area contributed by atoms with E-state index in [0.717, 1.165) is 33.4 Å². The molecular formula is C21H22F3N3O5. The van der Waals surface area contributed by atoms with E-state index in [4.69, 9.17) is 10.5 Å². The van der Waals surface area contributed by atoms with Crippen LogP contribution in [0.15, 0.2) is 39.9 Å². The van der Waals surface area contributed by atoms with Gasteiger partial charge in [0.15, 0.2) is 6.61 Å². The van der Waals surface area contributed by atoms with Gasteiger partial charge in [0.2, 0.25) is 5.78 Å². The lowest BCUT2D eigenvalue weighted by molar-refractivity contribution is -0.138. The molecule has 0 aliphatic rings. The first-order valence-electron chi connectivity index (χ1n) is 9.47. The number of ketones is 1. The van der Waals surface area contributed by atoms with Crippen molar-refractivity contribution in [1.82, 2.24) is 9.13 Å². The van der Waals surface area contributed by atoms with Gasteiger partial charge < -0.3 is 10.5 Å². The third kappa shape index (κ3) is 5.74. The lowest BCUT2D eigenvalue weighted by Crippen LogP contribution is -2.43. The zero-order valence-corrected chi connectivity index (χ0v) is 17.6. The number of alkyl halides is 3. The van der Waals surface area contributed by atoms with Crippen molar-refractivity contribution < 1.29 is 27.5 Å². The Morgan fingerprint density at radius 1 is 1.22 bits per heavy atom. The van der Waals surface area contributed by atoms with Crippen LogP contribution >= 0.6 is 0 Å². The van der Waals surface area contributed by atoms with Crippen molar-refractivity contribution in [2.45, 2.75) is 26.6 Å². The van der Waals surface area contributed by atoms with Crippen LogP contribution in [-0.4, -0.2) is 27.5 Å². The van der Waals surface area contributed by atoms with Gasteiger partial charge in [-0.1, -0.05) is 26.0 Å². The number of nitrogens with two attached hydrogens (primary N) is 1. The van der Waals surface area contributed by atoms with Gasteiger partial charge in [-0.2, -0.15) is 13.2 Å². The molecule has 0 aliphatic heterocycles. The molecule has 1 heterocycles. The van der Waals surface area contributed by atoms with Crippen LogP contribution in [0.2, 0.25) is 0 Å². The molecule has 2 aromatic rings. The van der Waals surface area contributed by atoms with Crippen LogP contribution in [0.3, 0.4) is 0 Å². The maximum atomic E-state index is 12.7. The number of Topliss-reactive ketones (excluding diaryl/α,β-unsaturated/α-hetero) is 1. The molecule has 0 fully saturated rings. The van der Waals surface area contributed by atoms with Gasteiger partial charge in [0.1, 0.15) is 11.4 Å². The molecule has 0 bridgehead atoms. The highest BCUT2D eigenvalue weighted by atomic mass is 19.4. The second kappa shape index (κ2) is 9.67. The third-order valence-corrected chi connectivity index (χ3v) is 4.38. The van der Waals surface area contributed by atoms with Gasteiger partial charge in [-0.15, -0.1) is 0 Å². The second-order valence-corrected chi connectivity index (χ2v) is 7.40. The summed E-state index contributed by atoms with van der Waals surface area (Å²) in [4.78, 5) is 49.0. The number of carbonyl (C=O) groups is 2. The first kappa shape index (κ1) is 24.6. The van der Waals surface area contributed by atoms with Crippen molar-refractivity contribution in [1.29, 1.82) is 0 Å². The molecule has 1 aromatic carbocycles. The van der Waals surface area contributed by atoms with E-state index in [9.17, 15) is 32.3 Å². The molecule has 8 nitrogen and oxygen atoms in total. The number of hydrogen-bond donors (Lipinski definition) is 1. The minimum Gasteiger partial charge on any atom is -0.454 e. The molecule has 0 amide bonds. The second-order valence-electron chi connectivity index (χ2n) is 7.40. The van der Waals surface area contributed by atoms with Gasteiger partial charge in [-0.3, -0.25) is 18.7 Å². The van der Waals surface area contributed by atoms with E-state index in [-0.39, 0.29) is 23.8 Å². The van der Waals surface area contributed by atoms with E-state index < -0.39 is 46.9 Å². The molecule has 0 unspecified atom stereocenters. The van der Waals surface area contributed by atoms with Crippen molar-refractivity contribution in [2.75, 3.05) is 12.3 Å². The summed E-state index contributed by atoms with van der Waals surface area (Å²) in [5.41, 5.74) is 3.00. The van der Waals surface area contributed by atoms with E-state index in [1.807, 2.05) is 13.8 Å². The summed E-state index contributed by atoms with van der Waals surface area (Å²) >= 11 is 0. The molecule has 1 aromatic heterocycles. The van der Waals surface area contributed by atoms with Gasteiger partial charge in [-0.25, -0.2) is 9.59 Å². The largest absolute Gasteiger partial charge is 0.454 e. The lowest BCUT2D eigenvalue weighted by atomic mass is 10.1. The van der Waals surface area contributed by atoms with Crippen LogP contribution in [0.4, 0.5) is 19.0 Å². The average Bonchev–Trinajstić information content (AvgIpc) is 2.72. The highest BCUT2D eigenvalue weighted by molar-refractivity contribution is 6.01. The quantitative estimate of drug-likeness (QED) is 0.391. The average molecular weight is 453 g/mol. The molecule has 0 saturated heterocycles. The Morgan fingerprint density at radius 3 is 2.47 bits per heavy atom. The van der Waals surface area contributed by atoms with Gasteiger partial charge in [-0.05, 0) is 29.7 Å². The van der Waals surface area contributed by atoms with Gasteiger partial charge in [0.05, 0.1) is 5.56 Å². The minimum absolute atomic E-state index is 0.00531. The molecule has 11 heteroatoms. The summed E-state index contributed by atoms with van der Waals surface area (Å²) in [6, 6.07) is 4.27. The smallest absolute Gasteiger partial charge is 0.416 e. The van der Waals surface area contributed by atoms with E-state index in [1.165, 1.54) is 19.2 Å². The van der Waals surface area contributed by atoms with Gasteiger partial charge >= 0.3 is 17.8 Å². The predicted octanol–water partition coefficient (Wildman–Crippen LogP) is 2.24. The highest BCUT2D eigenvalue weighted by Gasteiger charge is 2.30. The van der Waals surface area contributed by atoms with Gasteiger partial charge in [0.25, 0.3) is 5.56 Å². The number of aromatic nitrogens is 2. The van der Waals surface area contributed by atoms with E-state index >= 15 is 0 Å². The summed E-state index contributed by atoms with van der Waals surface area (Å²) < 4.78 is 44.8. The Hall–Kier alpha value is -3.63. The molecule has 32 heavy (non-hydrogen) atoms. The zero-order chi connectivity index (χ0) is 24.2. The minimum atomic E-state index is -4.53. The maximum Gasteiger partial charge on any atom is 0.416 e. The molecule has 0 aliphatic carbocycles. The highest BCUT2D eigenvalue weighted by Crippen LogP contribution is 2.29. The van der Waals surface area contributed by atoms with Crippen molar-refractivity contribution >= 4 is 23.6 Å². The fraction of sp³-hybridized carbons (Fsp3) is 0.333. The SMILES string of the molecule is CC(C)Cn1c(N)c(C(=O)COC(=O)/C=C/c2cccc(C(F)(F)F)c2)c(=O)n(C)c1=O. The van der Waals surface area contributed by atoms with Crippen molar-refractivity contribution in [2.24, 2.45) is 13.0 Å². The number of hydrogen-bond acceptors (Lipinski definition) is 6. The standard InChI is InChI=1S/C21H22F3N3O5/c1-12(2)10-27-18(25)17(19(30)26(3)20(27)31)15(28)11-32-16(29)8-7-13-5-4-6-14(9-13)21(22,23)24/h4-9,12H,10-11,25H2,1-3H3/b8-7+. The number of anilines is 1. The molecule has 0 radical (unpaired) electrons. The van der Waals surface area contributed by atoms with Crippen molar-refractivity contribution in [3.8, 4) is 0 Å². The van der Waals surface area contributed by atoms with Crippen LogP contribution in [0.25, 0.3) is 6.08 Å². The topological polar surface area (TPSA) is 113 Å². The first-order valence-corrected chi connectivity index (χ1v) is 9.47. The number of nitrogen functional groups attached to an aromatic ring is 1. The Kier molecular flexibility index (Phi) is 7.44. The zero-order valence-electron chi connectivity index (χ0n) is 17.6. The van der Waals surface area contributed by atoms with Gasteiger partial charge in [0, 0.05) is 19.7 Å². The number of nitrogens with zero attached hydrogens (tertiary/aromatic N) is 2. The van der Waals surface area contributed by atoms with Crippen LogP contribution < -0.4 is 17.0 Å². The van der Waals surface area contributed by atoms with Crippen molar-refractivity contribution in [3.05, 3.63) is 67.9 Å². The molecule has 2 N–H and O–H groups in total. The molecule has 172 valence electrons. The summed E-state index contributed by atoms with van der Waals surface area (Å²) in [5, 5.41) is 0. The van der Waals surface area contributed by atoms with Crippen LogP contribution in [0, 0.1) is 5.92 Å². The summed E-state index contributed by atoms with van der Waals surface area (Å²) in [7, 11) is 1.20. The Morgan fingerprint density at radius 2 is 1.88 bits per heavy atom.